The molecule has 5 nitrogen and oxygen atoms in total. The molecular weight excluding hydrogens is 483 g/mol. The van der Waals surface area contributed by atoms with Crippen molar-refractivity contribution in [2.45, 2.75) is 17.4 Å². The summed E-state index contributed by atoms with van der Waals surface area (Å²) in [5.41, 5.74) is 1.74. The van der Waals surface area contributed by atoms with Gasteiger partial charge < -0.3 is 10.6 Å². The Balaban J connectivity index is 1.39. The van der Waals surface area contributed by atoms with Gasteiger partial charge in [0.05, 0.1) is 27.2 Å². The number of thiazole rings is 1. The fraction of sp³-hybridized carbons (Fsp3) is 0.125. The molecule has 0 saturated heterocycles. The molecule has 0 bridgehead atoms. The number of alkyl halides is 3. The third-order valence-corrected chi connectivity index (χ3v) is 6.93. The molecule has 0 aliphatic carbocycles. The lowest BCUT2D eigenvalue weighted by Crippen LogP contribution is -2.18. The number of aromatic nitrogens is 1. The third-order valence-electron chi connectivity index (χ3n) is 4.77. The summed E-state index contributed by atoms with van der Waals surface area (Å²) in [6.07, 6.45) is -4.56. The standard InChI is InChI=1S/C24H18F3N3O2S2/c1-14-6-8-15(9-7-14)22(32)28-16-10-11-19-20(12-16)34-23(30-19)33-13-21(31)29-18-5-3-2-4-17(18)24(25,26)27/h2-12H,13H2,1H3,(H,28,32)(H,29,31). The van der Waals surface area contributed by atoms with Crippen molar-refractivity contribution in [3.63, 3.8) is 0 Å². The number of nitrogens with one attached hydrogen (secondary N) is 2. The van der Waals surface area contributed by atoms with Gasteiger partial charge in [-0.05, 0) is 49.4 Å². The molecule has 2 N–H and O–H groups in total. The van der Waals surface area contributed by atoms with E-state index in [0.717, 1.165) is 28.1 Å². The Bertz CT molecular complexity index is 1350. The summed E-state index contributed by atoms with van der Waals surface area (Å²) in [7, 11) is 0. The number of carbonyl (C=O) groups excluding carboxylic acids is 2. The van der Waals surface area contributed by atoms with Gasteiger partial charge in [-0.1, -0.05) is 41.6 Å². The van der Waals surface area contributed by atoms with E-state index in [2.05, 4.69) is 15.6 Å². The van der Waals surface area contributed by atoms with E-state index in [4.69, 9.17) is 0 Å². The molecule has 2 amide bonds. The highest BCUT2D eigenvalue weighted by Crippen LogP contribution is 2.35. The fourth-order valence-electron chi connectivity index (χ4n) is 3.10. The maximum Gasteiger partial charge on any atom is 0.418 e. The molecule has 0 radical (unpaired) electrons. The Morgan fingerprint density at radius 3 is 2.47 bits per heavy atom. The predicted octanol–water partition coefficient (Wildman–Crippen LogP) is 6.61. The number of halogens is 3. The number of aryl methyl sites for hydroxylation is 1. The van der Waals surface area contributed by atoms with Gasteiger partial charge in [0, 0.05) is 11.3 Å². The van der Waals surface area contributed by atoms with Crippen molar-refractivity contribution in [3.8, 4) is 0 Å². The minimum atomic E-state index is -4.56. The molecule has 4 aromatic rings. The number of hydrogen-bond acceptors (Lipinski definition) is 5. The van der Waals surface area contributed by atoms with Crippen LogP contribution in [0.25, 0.3) is 10.2 Å². The predicted molar refractivity (Wildman–Crippen MR) is 130 cm³/mol. The molecule has 4 rings (SSSR count). The molecule has 1 heterocycles. The minimum absolute atomic E-state index is 0.0942. The summed E-state index contributed by atoms with van der Waals surface area (Å²) in [6, 6.07) is 17.4. The van der Waals surface area contributed by atoms with Gasteiger partial charge in [-0.25, -0.2) is 4.98 Å². The van der Waals surface area contributed by atoms with Crippen LogP contribution in [-0.4, -0.2) is 22.6 Å². The number of benzene rings is 3. The molecule has 174 valence electrons. The average Bonchev–Trinajstić information content (AvgIpc) is 3.20. The van der Waals surface area contributed by atoms with Gasteiger partial charge in [0.2, 0.25) is 5.91 Å². The molecule has 0 saturated carbocycles. The summed E-state index contributed by atoms with van der Waals surface area (Å²) in [5, 5.41) is 5.17. The fourth-order valence-corrected chi connectivity index (χ4v) is 5.01. The number of fused-ring (bicyclic) bond motifs is 1. The van der Waals surface area contributed by atoms with Crippen molar-refractivity contribution >= 4 is 56.5 Å². The van der Waals surface area contributed by atoms with Crippen LogP contribution in [0.15, 0.2) is 71.1 Å². The minimum Gasteiger partial charge on any atom is -0.325 e. The second-order valence-corrected chi connectivity index (χ2v) is 9.62. The molecule has 0 aliphatic heterocycles. The smallest absolute Gasteiger partial charge is 0.325 e. The number of thioether (sulfide) groups is 1. The van der Waals surface area contributed by atoms with Gasteiger partial charge in [-0.15, -0.1) is 11.3 Å². The third kappa shape index (κ3) is 5.75. The summed E-state index contributed by atoms with van der Waals surface area (Å²) in [6.45, 7) is 1.94. The molecule has 34 heavy (non-hydrogen) atoms. The van der Waals surface area contributed by atoms with Crippen LogP contribution < -0.4 is 10.6 Å². The van der Waals surface area contributed by atoms with Crippen molar-refractivity contribution in [1.29, 1.82) is 0 Å². The SMILES string of the molecule is Cc1ccc(C(=O)Nc2ccc3nc(SCC(=O)Nc4ccccc4C(F)(F)F)sc3c2)cc1. The zero-order valence-corrected chi connectivity index (χ0v) is 19.4. The molecule has 0 atom stereocenters. The van der Waals surface area contributed by atoms with Gasteiger partial charge in [-0.3, -0.25) is 9.59 Å². The first-order valence-corrected chi connectivity index (χ1v) is 11.9. The van der Waals surface area contributed by atoms with Crippen molar-refractivity contribution in [2.75, 3.05) is 16.4 Å². The van der Waals surface area contributed by atoms with E-state index >= 15 is 0 Å². The molecular formula is C24H18F3N3O2S2. The maximum atomic E-state index is 13.1. The van der Waals surface area contributed by atoms with Crippen molar-refractivity contribution < 1.29 is 22.8 Å². The molecule has 0 aliphatic rings. The number of nitrogens with zero attached hydrogens (tertiary/aromatic N) is 1. The van der Waals surface area contributed by atoms with Crippen LogP contribution >= 0.6 is 23.1 Å². The van der Waals surface area contributed by atoms with Gasteiger partial charge in [0.25, 0.3) is 5.91 Å². The second-order valence-electron chi connectivity index (χ2n) is 7.36. The molecule has 10 heteroatoms. The number of rotatable bonds is 6. The number of carbonyl (C=O) groups is 2. The first-order chi connectivity index (χ1) is 16.2. The summed E-state index contributed by atoms with van der Waals surface area (Å²) in [4.78, 5) is 29.1. The monoisotopic (exact) mass is 501 g/mol. The van der Waals surface area contributed by atoms with Gasteiger partial charge in [0.1, 0.15) is 0 Å². The molecule has 1 aromatic heterocycles. The topological polar surface area (TPSA) is 71.1 Å². The van der Waals surface area contributed by atoms with Crippen molar-refractivity contribution in [1.82, 2.24) is 4.98 Å². The number of hydrogen-bond donors (Lipinski definition) is 2. The van der Waals surface area contributed by atoms with E-state index in [9.17, 15) is 22.8 Å². The number of anilines is 2. The molecule has 0 unspecified atom stereocenters. The Kier molecular flexibility index (Phi) is 6.90. The van der Waals surface area contributed by atoms with E-state index in [0.29, 0.717) is 21.1 Å². The first kappa shape index (κ1) is 23.8. The summed E-state index contributed by atoms with van der Waals surface area (Å²) < 4.78 is 40.7. The lowest BCUT2D eigenvalue weighted by Gasteiger charge is -2.13. The summed E-state index contributed by atoms with van der Waals surface area (Å²) >= 11 is 2.46. The zero-order chi connectivity index (χ0) is 24.3. The van der Waals surface area contributed by atoms with Crippen molar-refractivity contribution in [2.24, 2.45) is 0 Å². The lowest BCUT2D eigenvalue weighted by molar-refractivity contribution is -0.137. The second kappa shape index (κ2) is 9.86. The van der Waals surface area contributed by atoms with Crippen LogP contribution in [0.4, 0.5) is 24.5 Å². The number of para-hydroxylation sites is 1. The van der Waals surface area contributed by atoms with Gasteiger partial charge in [0.15, 0.2) is 4.34 Å². The lowest BCUT2D eigenvalue weighted by atomic mass is 10.1. The summed E-state index contributed by atoms with van der Waals surface area (Å²) in [5.74, 6) is -0.885. The number of amides is 2. The normalized spacial score (nSPS) is 11.4. The molecule has 0 fully saturated rings. The van der Waals surface area contributed by atoms with Crippen LogP contribution in [0.2, 0.25) is 0 Å². The Morgan fingerprint density at radius 1 is 1.00 bits per heavy atom. The van der Waals surface area contributed by atoms with E-state index in [1.165, 1.54) is 29.5 Å². The zero-order valence-electron chi connectivity index (χ0n) is 17.8. The highest BCUT2D eigenvalue weighted by Gasteiger charge is 2.33. The highest BCUT2D eigenvalue weighted by molar-refractivity contribution is 8.01. The van der Waals surface area contributed by atoms with E-state index in [1.807, 2.05) is 19.1 Å². The quantitative estimate of drug-likeness (QED) is 0.292. The van der Waals surface area contributed by atoms with Crippen LogP contribution in [0.1, 0.15) is 21.5 Å². The highest BCUT2D eigenvalue weighted by atomic mass is 32.2. The maximum absolute atomic E-state index is 13.1. The Hall–Kier alpha value is -3.37. The van der Waals surface area contributed by atoms with E-state index < -0.39 is 17.6 Å². The van der Waals surface area contributed by atoms with Crippen LogP contribution in [0.5, 0.6) is 0 Å². The van der Waals surface area contributed by atoms with E-state index in [1.54, 1.807) is 30.3 Å². The van der Waals surface area contributed by atoms with E-state index in [-0.39, 0.29) is 17.3 Å². The molecule has 0 spiro atoms. The largest absolute Gasteiger partial charge is 0.418 e. The average molecular weight is 502 g/mol. The van der Waals surface area contributed by atoms with Gasteiger partial charge >= 0.3 is 6.18 Å². The van der Waals surface area contributed by atoms with Crippen LogP contribution in [0.3, 0.4) is 0 Å². The van der Waals surface area contributed by atoms with Crippen LogP contribution in [0, 0.1) is 6.92 Å². The van der Waals surface area contributed by atoms with Gasteiger partial charge in [-0.2, -0.15) is 13.2 Å². The van der Waals surface area contributed by atoms with Crippen LogP contribution in [-0.2, 0) is 11.0 Å². The Morgan fingerprint density at radius 2 is 1.74 bits per heavy atom. The van der Waals surface area contributed by atoms with Crippen molar-refractivity contribution in [3.05, 3.63) is 83.4 Å². The Labute approximate surface area is 201 Å². The first-order valence-electron chi connectivity index (χ1n) is 10.1. The molecule has 3 aromatic carbocycles.